The zero-order valence-corrected chi connectivity index (χ0v) is 11.7. The highest BCUT2D eigenvalue weighted by atomic mass is 16.5. The summed E-state index contributed by atoms with van der Waals surface area (Å²) < 4.78 is 5.15. The first-order chi connectivity index (χ1) is 8.01. The molecular weight excluding hydrogens is 214 g/mol. The molecule has 96 valence electrons. The van der Waals surface area contributed by atoms with Gasteiger partial charge >= 0.3 is 0 Å². The zero-order chi connectivity index (χ0) is 13.0. The van der Waals surface area contributed by atoms with Crippen molar-refractivity contribution >= 4 is 5.82 Å². The molecule has 0 saturated carbocycles. The maximum Gasteiger partial charge on any atom is 0.136 e. The van der Waals surface area contributed by atoms with E-state index >= 15 is 0 Å². The summed E-state index contributed by atoms with van der Waals surface area (Å²) in [6.45, 7) is 9.08. The molecule has 1 N–H and O–H groups in total. The molecule has 0 saturated heterocycles. The van der Waals surface area contributed by atoms with Crippen LogP contribution in [0.4, 0.5) is 5.82 Å². The van der Waals surface area contributed by atoms with Gasteiger partial charge in [-0.1, -0.05) is 20.8 Å². The molecule has 0 aromatic carbocycles. The number of aromatic nitrogens is 2. The summed E-state index contributed by atoms with van der Waals surface area (Å²) >= 11 is 0. The van der Waals surface area contributed by atoms with Gasteiger partial charge in [-0.15, -0.1) is 0 Å². The SMILES string of the molecule is CNc1nc(C(C)COC)nc(C)c1C(C)C. The predicted molar refractivity (Wildman–Crippen MR) is 70.7 cm³/mol. The fourth-order valence-corrected chi connectivity index (χ4v) is 2.03. The normalized spacial score (nSPS) is 12.9. The van der Waals surface area contributed by atoms with Gasteiger partial charge in [0.15, 0.2) is 0 Å². The lowest BCUT2D eigenvalue weighted by molar-refractivity contribution is 0.181. The van der Waals surface area contributed by atoms with Gasteiger partial charge < -0.3 is 10.1 Å². The third-order valence-corrected chi connectivity index (χ3v) is 2.83. The summed E-state index contributed by atoms with van der Waals surface area (Å²) in [6.07, 6.45) is 0. The smallest absolute Gasteiger partial charge is 0.136 e. The third-order valence-electron chi connectivity index (χ3n) is 2.83. The van der Waals surface area contributed by atoms with Crippen molar-refractivity contribution in [3.63, 3.8) is 0 Å². The molecule has 0 aliphatic rings. The van der Waals surface area contributed by atoms with Gasteiger partial charge in [0.25, 0.3) is 0 Å². The van der Waals surface area contributed by atoms with Crippen molar-refractivity contribution in [2.24, 2.45) is 0 Å². The Morgan fingerprint density at radius 2 is 1.88 bits per heavy atom. The maximum absolute atomic E-state index is 5.15. The Balaban J connectivity index is 3.17. The minimum atomic E-state index is 0.215. The van der Waals surface area contributed by atoms with Crippen LogP contribution < -0.4 is 5.32 Å². The van der Waals surface area contributed by atoms with Crippen LogP contribution >= 0.6 is 0 Å². The molecule has 1 aromatic rings. The maximum atomic E-state index is 5.15. The van der Waals surface area contributed by atoms with Crippen LogP contribution in [-0.2, 0) is 4.74 Å². The Morgan fingerprint density at radius 1 is 1.24 bits per heavy atom. The van der Waals surface area contributed by atoms with Crippen LogP contribution in [0.15, 0.2) is 0 Å². The van der Waals surface area contributed by atoms with Crippen LogP contribution in [0, 0.1) is 6.92 Å². The Labute approximate surface area is 104 Å². The number of ether oxygens (including phenoxy) is 1. The van der Waals surface area contributed by atoms with Gasteiger partial charge in [0.05, 0.1) is 6.61 Å². The van der Waals surface area contributed by atoms with E-state index in [0.717, 1.165) is 17.3 Å². The number of rotatable bonds is 5. The fourth-order valence-electron chi connectivity index (χ4n) is 2.03. The molecule has 17 heavy (non-hydrogen) atoms. The number of hydrogen-bond acceptors (Lipinski definition) is 4. The fraction of sp³-hybridized carbons (Fsp3) is 0.692. The first-order valence-electron chi connectivity index (χ1n) is 6.06. The number of aryl methyl sites for hydroxylation is 1. The van der Waals surface area contributed by atoms with E-state index in [1.807, 2.05) is 14.0 Å². The molecule has 4 nitrogen and oxygen atoms in total. The molecule has 0 bridgehead atoms. The van der Waals surface area contributed by atoms with Gasteiger partial charge in [-0.25, -0.2) is 9.97 Å². The first-order valence-corrected chi connectivity index (χ1v) is 6.06. The summed E-state index contributed by atoms with van der Waals surface area (Å²) in [4.78, 5) is 9.18. The van der Waals surface area contributed by atoms with Crippen LogP contribution in [0.5, 0.6) is 0 Å². The lowest BCUT2D eigenvalue weighted by Crippen LogP contribution is -2.13. The number of nitrogens with one attached hydrogen (secondary N) is 1. The second-order valence-electron chi connectivity index (χ2n) is 4.69. The molecule has 4 heteroatoms. The highest BCUT2D eigenvalue weighted by molar-refractivity contribution is 5.48. The minimum absolute atomic E-state index is 0.215. The summed E-state index contributed by atoms with van der Waals surface area (Å²) in [6, 6.07) is 0. The van der Waals surface area contributed by atoms with Crippen molar-refractivity contribution in [2.45, 2.75) is 39.5 Å². The summed E-state index contributed by atoms with van der Waals surface area (Å²) in [5.74, 6) is 2.42. The van der Waals surface area contributed by atoms with Gasteiger partial charge in [0, 0.05) is 31.3 Å². The van der Waals surface area contributed by atoms with E-state index in [0.29, 0.717) is 12.5 Å². The standard InChI is InChI=1S/C13H23N3O/c1-8(2)11-10(4)15-12(9(3)7-17-6)16-13(11)14-5/h8-9H,7H2,1-6H3,(H,14,15,16). The predicted octanol–water partition coefficient (Wildman–Crippen LogP) is 2.70. The largest absolute Gasteiger partial charge is 0.384 e. The van der Waals surface area contributed by atoms with Crippen molar-refractivity contribution in [1.82, 2.24) is 9.97 Å². The molecule has 0 aliphatic carbocycles. The van der Waals surface area contributed by atoms with Crippen molar-refractivity contribution < 1.29 is 4.74 Å². The van der Waals surface area contributed by atoms with Crippen LogP contribution in [0.2, 0.25) is 0 Å². The third kappa shape index (κ3) is 3.16. The second kappa shape index (κ2) is 5.96. The van der Waals surface area contributed by atoms with Gasteiger partial charge in [-0.2, -0.15) is 0 Å². The molecule has 1 aromatic heterocycles. The van der Waals surface area contributed by atoms with Crippen LogP contribution in [-0.4, -0.2) is 30.7 Å². The Hall–Kier alpha value is -1.16. The Morgan fingerprint density at radius 3 is 2.35 bits per heavy atom. The van der Waals surface area contributed by atoms with Gasteiger partial charge in [0.2, 0.25) is 0 Å². The van der Waals surface area contributed by atoms with E-state index in [4.69, 9.17) is 4.74 Å². The molecule has 0 fully saturated rings. The quantitative estimate of drug-likeness (QED) is 0.855. The Kier molecular flexibility index (Phi) is 4.87. The van der Waals surface area contributed by atoms with E-state index in [2.05, 4.69) is 36.1 Å². The molecule has 0 spiro atoms. The molecule has 1 unspecified atom stereocenters. The van der Waals surface area contributed by atoms with Gasteiger partial charge in [-0.05, 0) is 12.8 Å². The first kappa shape index (κ1) is 13.9. The van der Waals surface area contributed by atoms with Crippen molar-refractivity contribution in [1.29, 1.82) is 0 Å². The average molecular weight is 237 g/mol. The highest BCUT2D eigenvalue weighted by Gasteiger charge is 2.16. The molecular formula is C13H23N3O. The minimum Gasteiger partial charge on any atom is -0.384 e. The molecule has 0 aliphatic heterocycles. The Bertz CT molecular complexity index is 377. The van der Waals surface area contributed by atoms with E-state index in [1.54, 1.807) is 7.11 Å². The van der Waals surface area contributed by atoms with Gasteiger partial charge in [0.1, 0.15) is 11.6 Å². The topological polar surface area (TPSA) is 47.0 Å². The van der Waals surface area contributed by atoms with E-state index in [-0.39, 0.29) is 5.92 Å². The van der Waals surface area contributed by atoms with E-state index < -0.39 is 0 Å². The monoisotopic (exact) mass is 237 g/mol. The second-order valence-corrected chi connectivity index (χ2v) is 4.69. The number of anilines is 1. The lowest BCUT2D eigenvalue weighted by Gasteiger charge is -2.17. The summed E-state index contributed by atoms with van der Waals surface area (Å²) in [7, 11) is 3.60. The molecule has 1 rings (SSSR count). The van der Waals surface area contributed by atoms with Crippen LogP contribution in [0.3, 0.4) is 0 Å². The lowest BCUT2D eigenvalue weighted by atomic mass is 10.0. The molecule has 1 heterocycles. The van der Waals surface area contributed by atoms with Crippen LogP contribution in [0.25, 0.3) is 0 Å². The number of hydrogen-bond donors (Lipinski definition) is 1. The zero-order valence-electron chi connectivity index (χ0n) is 11.7. The van der Waals surface area contributed by atoms with Crippen molar-refractivity contribution in [2.75, 3.05) is 26.1 Å². The van der Waals surface area contributed by atoms with Gasteiger partial charge in [-0.3, -0.25) is 0 Å². The van der Waals surface area contributed by atoms with Crippen molar-refractivity contribution in [3.05, 3.63) is 17.1 Å². The van der Waals surface area contributed by atoms with Crippen molar-refractivity contribution in [3.8, 4) is 0 Å². The summed E-state index contributed by atoms with van der Waals surface area (Å²) in [5.41, 5.74) is 2.25. The van der Waals surface area contributed by atoms with Crippen LogP contribution in [0.1, 0.15) is 49.7 Å². The van der Waals surface area contributed by atoms with E-state index in [9.17, 15) is 0 Å². The number of methoxy groups -OCH3 is 1. The molecule has 0 radical (unpaired) electrons. The van der Waals surface area contributed by atoms with E-state index in [1.165, 1.54) is 5.56 Å². The average Bonchev–Trinajstić information content (AvgIpc) is 2.27. The molecule has 1 atom stereocenters. The number of nitrogens with zero attached hydrogens (tertiary/aromatic N) is 2. The molecule has 0 amide bonds. The summed E-state index contributed by atoms with van der Waals surface area (Å²) in [5, 5.41) is 3.16. The highest BCUT2D eigenvalue weighted by Crippen LogP contribution is 2.26.